The van der Waals surface area contributed by atoms with E-state index >= 15 is 0 Å². The number of rotatable bonds is 6. The normalized spacial score (nSPS) is 24.8. The van der Waals surface area contributed by atoms with E-state index in [2.05, 4.69) is 30.1 Å². The van der Waals surface area contributed by atoms with E-state index in [1.165, 1.54) is 4.88 Å². The van der Waals surface area contributed by atoms with Gasteiger partial charge in [-0.05, 0) is 25.5 Å². The van der Waals surface area contributed by atoms with Crippen molar-refractivity contribution in [2.45, 2.75) is 39.0 Å². The molecule has 1 aliphatic heterocycles. The standard InChI is InChI=1S/C14H23ClN2OS/c1-3-12-10-18-11(2)9-17(12)7-6-16-8-13-4-5-14(15)19-13/h4-5,11-12,16H,3,6-10H2,1-2H3. The van der Waals surface area contributed by atoms with Crippen molar-refractivity contribution < 1.29 is 4.74 Å². The summed E-state index contributed by atoms with van der Waals surface area (Å²) < 4.78 is 6.58. The SMILES string of the molecule is CCC1COC(C)CN1CCNCc1ccc(Cl)s1. The maximum Gasteiger partial charge on any atom is 0.0931 e. The average Bonchev–Trinajstić information content (AvgIpc) is 2.81. The highest BCUT2D eigenvalue weighted by molar-refractivity contribution is 7.16. The first-order valence-electron chi connectivity index (χ1n) is 6.99. The molecule has 1 aliphatic rings. The van der Waals surface area contributed by atoms with Gasteiger partial charge in [0, 0.05) is 37.1 Å². The minimum Gasteiger partial charge on any atom is -0.376 e. The van der Waals surface area contributed by atoms with Gasteiger partial charge in [0.25, 0.3) is 0 Å². The van der Waals surface area contributed by atoms with Crippen molar-refractivity contribution in [3.8, 4) is 0 Å². The Labute approximate surface area is 124 Å². The van der Waals surface area contributed by atoms with Crippen molar-refractivity contribution in [1.82, 2.24) is 10.2 Å². The summed E-state index contributed by atoms with van der Waals surface area (Å²) in [6.07, 6.45) is 1.52. The zero-order chi connectivity index (χ0) is 13.7. The molecule has 0 aliphatic carbocycles. The van der Waals surface area contributed by atoms with Gasteiger partial charge in [-0.15, -0.1) is 11.3 Å². The van der Waals surface area contributed by atoms with Crippen LogP contribution in [0.3, 0.4) is 0 Å². The number of hydrogen-bond acceptors (Lipinski definition) is 4. The second kappa shape index (κ2) is 7.60. The Morgan fingerprint density at radius 1 is 1.53 bits per heavy atom. The average molecular weight is 303 g/mol. The molecule has 1 fully saturated rings. The van der Waals surface area contributed by atoms with Crippen LogP contribution >= 0.6 is 22.9 Å². The van der Waals surface area contributed by atoms with Gasteiger partial charge >= 0.3 is 0 Å². The molecule has 5 heteroatoms. The molecule has 0 saturated carbocycles. The monoisotopic (exact) mass is 302 g/mol. The van der Waals surface area contributed by atoms with Gasteiger partial charge in [-0.3, -0.25) is 4.90 Å². The lowest BCUT2D eigenvalue weighted by Gasteiger charge is -2.38. The van der Waals surface area contributed by atoms with Gasteiger partial charge in [-0.1, -0.05) is 18.5 Å². The number of nitrogens with zero attached hydrogens (tertiary/aromatic N) is 1. The van der Waals surface area contributed by atoms with Crippen LogP contribution in [-0.2, 0) is 11.3 Å². The molecular weight excluding hydrogens is 280 g/mol. The zero-order valence-electron chi connectivity index (χ0n) is 11.7. The summed E-state index contributed by atoms with van der Waals surface area (Å²) in [6, 6.07) is 4.63. The minimum absolute atomic E-state index is 0.360. The van der Waals surface area contributed by atoms with Crippen molar-refractivity contribution >= 4 is 22.9 Å². The first kappa shape index (κ1) is 15.3. The second-order valence-electron chi connectivity index (χ2n) is 5.08. The van der Waals surface area contributed by atoms with Gasteiger partial charge in [0.15, 0.2) is 0 Å². The fraction of sp³-hybridized carbons (Fsp3) is 0.714. The topological polar surface area (TPSA) is 24.5 Å². The minimum atomic E-state index is 0.360. The van der Waals surface area contributed by atoms with Gasteiger partial charge in [-0.25, -0.2) is 0 Å². The molecule has 2 rings (SSSR count). The fourth-order valence-corrected chi connectivity index (χ4v) is 3.50. The van der Waals surface area contributed by atoms with Gasteiger partial charge in [0.1, 0.15) is 0 Å². The zero-order valence-corrected chi connectivity index (χ0v) is 13.3. The molecule has 1 saturated heterocycles. The number of halogens is 1. The lowest BCUT2D eigenvalue weighted by atomic mass is 10.1. The van der Waals surface area contributed by atoms with Crippen LogP contribution in [-0.4, -0.2) is 43.3 Å². The summed E-state index contributed by atoms with van der Waals surface area (Å²) in [4.78, 5) is 3.84. The number of morpholine rings is 1. The lowest BCUT2D eigenvalue weighted by molar-refractivity contribution is -0.0551. The van der Waals surface area contributed by atoms with Crippen LogP contribution in [0.15, 0.2) is 12.1 Å². The second-order valence-corrected chi connectivity index (χ2v) is 6.88. The van der Waals surface area contributed by atoms with E-state index in [-0.39, 0.29) is 0 Å². The molecule has 0 amide bonds. The predicted molar refractivity (Wildman–Crippen MR) is 82.1 cm³/mol. The maximum atomic E-state index is 5.92. The summed E-state index contributed by atoms with van der Waals surface area (Å²) in [5.74, 6) is 0. The third-order valence-corrected chi connectivity index (χ3v) is 4.79. The highest BCUT2D eigenvalue weighted by atomic mass is 35.5. The Morgan fingerprint density at radius 3 is 3.05 bits per heavy atom. The summed E-state index contributed by atoms with van der Waals surface area (Å²) in [6.45, 7) is 9.32. The molecule has 2 heterocycles. The number of ether oxygens (including phenoxy) is 1. The van der Waals surface area contributed by atoms with Crippen molar-refractivity contribution in [3.05, 3.63) is 21.3 Å². The molecule has 0 spiro atoms. The molecule has 0 radical (unpaired) electrons. The molecule has 0 aromatic carbocycles. The molecule has 1 aromatic rings. The van der Waals surface area contributed by atoms with Crippen molar-refractivity contribution in [2.24, 2.45) is 0 Å². The van der Waals surface area contributed by atoms with Crippen LogP contribution in [0.25, 0.3) is 0 Å². The predicted octanol–water partition coefficient (Wildman–Crippen LogP) is 2.99. The van der Waals surface area contributed by atoms with Crippen LogP contribution in [0, 0.1) is 0 Å². The molecule has 2 unspecified atom stereocenters. The lowest BCUT2D eigenvalue weighted by Crippen LogP contribution is -2.50. The molecule has 1 aromatic heterocycles. The highest BCUT2D eigenvalue weighted by Crippen LogP contribution is 2.21. The number of nitrogens with one attached hydrogen (secondary N) is 1. The van der Waals surface area contributed by atoms with Crippen LogP contribution in [0.4, 0.5) is 0 Å². The Kier molecular flexibility index (Phi) is 6.10. The Morgan fingerprint density at radius 2 is 2.37 bits per heavy atom. The van der Waals surface area contributed by atoms with Gasteiger partial charge in [0.2, 0.25) is 0 Å². The number of thiophene rings is 1. The molecule has 19 heavy (non-hydrogen) atoms. The van der Waals surface area contributed by atoms with E-state index in [1.54, 1.807) is 11.3 Å². The summed E-state index contributed by atoms with van der Waals surface area (Å²) >= 11 is 7.57. The smallest absolute Gasteiger partial charge is 0.0931 e. The van der Waals surface area contributed by atoms with Crippen LogP contribution in [0.2, 0.25) is 4.34 Å². The first-order valence-corrected chi connectivity index (χ1v) is 8.19. The van der Waals surface area contributed by atoms with Crippen LogP contribution in [0.5, 0.6) is 0 Å². The number of hydrogen-bond donors (Lipinski definition) is 1. The molecule has 1 N–H and O–H groups in total. The van der Waals surface area contributed by atoms with E-state index in [0.717, 1.165) is 43.5 Å². The first-order chi connectivity index (χ1) is 9.19. The van der Waals surface area contributed by atoms with Crippen LogP contribution < -0.4 is 5.32 Å². The van der Waals surface area contributed by atoms with E-state index in [9.17, 15) is 0 Å². The van der Waals surface area contributed by atoms with E-state index in [4.69, 9.17) is 16.3 Å². The summed E-state index contributed by atoms with van der Waals surface area (Å²) in [7, 11) is 0. The quantitative estimate of drug-likeness (QED) is 0.818. The van der Waals surface area contributed by atoms with Crippen molar-refractivity contribution in [2.75, 3.05) is 26.2 Å². The third kappa shape index (κ3) is 4.72. The van der Waals surface area contributed by atoms with Gasteiger partial charge < -0.3 is 10.1 Å². The Hall–Kier alpha value is -0.130. The fourth-order valence-electron chi connectivity index (χ4n) is 2.44. The Bertz CT molecular complexity index is 385. The molecule has 108 valence electrons. The van der Waals surface area contributed by atoms with E-state index < -0.39 is 0 Å². The van der Waals surface area contributed by atoms with Crippen molar-refractivity contribution in [1.29, 1.82) is 0 Å². The third-order valence-electron chi connectivity index (χ3n) is 3.56. The largest absolute Gasteiger partial charge is 0.376 e. The maximum absolute atomic E-state index is 5.92. The highest BCUT2D eigenvalue weighted by Gasteiger charge is 2.24. The van der Waals surface area contributed by atoms with Gasteiger partial charge in [0.05, 0.1) is 17.0 Å². The Balaban J connectivity index is 1.69. The summed E-state index contributed by atoms with van der Waals surface area (Å²) in [5.41, 5.74) is 0. The van der Waals surface area contributed by atoms with E-state index in [1.807, 2.05) is 6.07 Å². The molecular formula is C14H23ClN2OS. The van der Waals surface area contributed by atoms with E-state index in [0.29, 0.717) is 12.1 Å². The van der Waals surface area contributed by atoms with Crippen molar-refractivity contribution in [3.63, 3.8) is 0 Å². The summed E-state index contributed by atoms with van der Waals surface area (Å²) in [5, 5.41) is 3.49. The molecule has 0 bridgehead atoms. The molecule has 2 atom stereocenters. The van der Waals surface area contributed by atoms with Crippen LogP contribution in [0.1, 0.15) is 25.1 Å². The molecule has 3 nitrogen and oxygen atoms in total. The van der Waals surface area contributed by atoms with Gasteiger partial charge in [-0.2, -0.15) is 0 Å².